The van der Waals surface area contributed by atoms with Crippen molar-refractivity contribution in [1.29, 1.82) is 0 Å². The molecule has 0 radical (unpaired) electrons. The number of hydrogen-bond donors (Lipinski definition) is 1. The SMILES string of the molecule is O=Cc1ccncc1NC[C@H]1CCOc2cc(-c3ccccc3Cl)ccc21. The van der Waals surface area contributed by atoms with Crippen molar-refractivity contribution >= 4 is 23.6 Å². The van der Waals surface area contributed by atoms with E-state index in [1.807, 2.05) is 24.3 Å². The Morgan fingerprint density at radius 1 is 1.22 bits per heavy atom. The highest BCUT2D eigenvalue weighted by atomic mass is 35.5. The molecule has 5 heteroatoms. The molecule has 0 unspecified atom stereocenters. The summed E-state index contributed by atoms with van der Waals surface area (Å²) in [6.45, 7) is 1.38. The van der Waals surface area contributed by atoms with Gasteiger partial charge in [0.2, 0.25) is 0 Å². The molecule has 1 aromatic heterocycles. The molecule has 0 saturated heterocycles. The standard InChI is InChI=1S/C22H19ClN2O2/c23-20-4-2-1-3-18(20)15-5-6-19-16(8-10-27-22(19)11-15)12-25-21-13-24-9-7-17(21)14-26/h1-7,9,11,13-14,16,25H,8,10,12H2/t16-/m1/s1. The van der Waals surface area contributed by atoms with Crippen molar-refractivity contribution in [1.82, 2.24) is 4.98 Å². The number of carbonyl (C=O) groups is 1. The number of nitrogens with one attached hydrogen (secondary N) is 1. The minimum absolute atomic E-state index is 0.300. The van der Waals surface area contributed by atoms with Crippen LogP contribution in [0.4, 0.5) is 5.69 Å². The Labute approximate surface area is 163 Å². The van der Waals surface area contributed by atoms with Crippen LogP contribution in [-0.4, -0.2) is 24.4 Å². The van der Waals surface area contributed by atoms with E-state index in [4.69, 9.17) is 16.3 Å². The van der Waals surface area contributed by atoms with E-state index in [2.05, 4.69) is 28.5 Å². The van der Waals surface area contributed by atoms with Crippen molar-refractivity contribution in [3.63, 3.8) is 0 Å². The second kappa shape index (κ2) is 7.80. The predicted molar refractivity (Wildman–Crippen MR) is 108 cm³/mol. The maximum Gasteiger partial charge on any atom is 0.152 e. The van der Waals surface area contributed by atoms with Crippen LogP contribution < -0.4 is 10.1 Å². The molecular weight excluding hydrogens is 360 g/mol. The summed E-state index contributed by atoms with van der Waals surface area (Å²) in [5.74, 6) is 1.20. The Kier molecular flexibility index (Phi) is 5.07. The van der Waals surface area contributed by atoms with Crippen molar-refractivity contribution in [3.05, 3.63) is 77.1 Å². The van der Waals surface area contributed by atoms with Crippen molar-refractivity contribution in [2.75, 3.05) is 18.5 Å². The first-order valence-corrected chi connectivity index (χ1v) is 9.29. The van der Waals surface area contributed by atoms with E-state index in [1.165, 1.54) is 5.56 Å². The van der Waals surface area contributed by atoms with Crippen molar-refractivity contribution in [2.45, 2.75) is 12.3 Å². The molecule has 1 atom stereocenters. The number of aromatic nitrogens is 1. The molecule has 3 aromatic rings. The fraction of sp³-hybridized carbons (Fsp3) is 0.182. The lowest BCUT2D eigenvalue weighted by atomic mass is 9.91. The van der Waals surface area contributed by atoms with Gasteiger partial charge in [0.05, 0.1) is 18.5 Å². The summed E-state index contributed by atoms with van der Waals surface area (Å²) < 4.78 is 5.91. The number of aldehydes is 1. The zero-order chi connectivity index (χ0) is 18.6. The van der Waals surface area contributed by atoms with E-state index in [-0.39, 0.29) is 0 Å². The fourth-order valence-corrected chi connectivity index (χ4v) is 3.67. The van der Waals surface area contributed by atoms with E-state index in [9.17, 15) is 4.79 Å². The smallest absolute Gasteiger partial charge is 0.152 e. The Hall–Kier alpha value is -2.85. The van der Waals surface area contributed by atoms with Gasteiger partial charge in [-0.05, 0) is 35.7 Å². The molecule has 0 saturated carbocycles. The van der Waals surface area contributed by atoms with E-state index >= 15 is 0 Å². The predicted octanol–water partition coefficient (Wildman–Crippen LogP) is 5.19. The number of anilines is 1. The molecule has 2 aromatic carbocycles. The summed E-state index contributed by atoms with van der Waals surface area (Å²) in [7, 11) is 0. The summed E-state index contributed by atoms with van der Waals surface area (Å²) in [5.41, 5.74) is 4.58. The number of nitrogens with zero attached hydrogens (tertiary/aromatic N) is 1. The van der Waals surface area contributed by atoms with E-state index in [0.717, 1.165) is 40.3 Å². The first-order chi connectivity index (χ1) is 13.3. The van der Waals surface area contributed by atoms with Crippen LogP contribution in [0, 0.1) is 0 Å². The topological polar surface area (TPSA) is 51.2 Å². The monoisotopic (exact) mass is 378 g/mol. The second-order valence-corrected chi connectivity index (χ2v) is 6.94. The quantitative estimate of drug-likeness (QED) is 0.620. The maximum atomic E-state index is 11.2. The van der Waals surface area contributed by atoms with Crippen LogP contribution in [0.25, 0.3) is 11.1 Å². The number of rotatable bonds is 5. The third kappa shape index (κ3) is 3.67. The molecule has 27 heavy (non-hydrogen) atoms. The number of fused-ring (bicyclic) bond motifs is 1. The van der Waals surface area contributed by atoms with Gasteiger partial charge >= 0.3 is 0 Å². The van der Waals surface area contributed by atoms with Crippen LogP contribution in [0.3, 0.4) is 0 Å². The number of carbonyl (C=O) groups excluding carboxylic acids is 1. The number of pyridine rings is 1. The molecule has 0 spiro atoms. The average Bonchev–Trinajstić information content (AvgIpc) is 2.72. The highest BCUT2D eigenvalue weighted by molar-refractivity contribution is 6.33. The fourth-order valence-electron chi connectivity index (χ4n) is 3.43. The molecular formula is C22H19ClN2O2. The van der Waals surface area contributed by atoms with Gasteiger partial charge in [-0.2, -0.15) is 0 Å². The van der Waals surface area contributed by atoms with Crippen LogP contribution in [0.5, 0.6) is 5.75 Å². The van der Waals surface area contributed by atoms with Crippen LogP contribution in [-0.2, 0) is 0 Å². The van der Waals surface area contributed by atoms with Crippen molar-refractivity contribution < 1.29 is 9.53 Å². The Bertz CT molecular complexity index is 974. The van der Waals surface area contributed by atoms with E-state index < -0.39 is 0 Å². The lowest BCUT2D eigenvalue weighted by Gasteiger charge is -2.27. The summed E-state index contributed by atoms with van der Waals surface area (Å²) in [4.78, 5) is 15.3. The van der Waals surface area contributed by atoms with Gasteiger partial charge in [-0.3, -0.25) is 9.78 Å². The first kappa shape index (κ1) is 17.6. The summed E-state index contributed by atoms with van der Waals surface area (Å²) >= 11 is 6.33. The van der Waals surface area contributed by atoms with Crippen LogP contribution in [0.2, 0.25) is 5.02 Å². The number of ether oxygens (including phenoxy) is 1. The summed E-state index contributed by atoms with van der Waals surface area (Å²) in [6, 6.07) is 15.8. The molecule has 0 aliphatic carbocycles. The Morgan fingerprint density at radius 2 is 2.11 bits per heavy atom. The largest absolute Gasteiger partial charge is 0.493 e. The third-order valence-electron chi connectivity index (χ3n) is 4.88. The van der Waals surface area contributed by atoms with Gasteiger partial charge < -0.3 is 10.1 Å². The first-order valence-electron chi connectivity index (χ1n) is 8.91. The van der Waals surface area contributed by atoms with Gasteiger partial charge in [0.1, 0.15) is 5.75 Å². The molecule has 1 aliphatic heterocycles. The van der Waals surface area contributed by atoms with Crippen LogP contribution in [0.15, 0.2) is 60.9 Å². The van der Waals surface area contributed by atoms with E-state index in [1.54, 1.807) is 18.5 Å². The van der Waals surface area contributed by atoms with Gasteiger partial charge in [0, 0.05) is 34.8 Å². The average molecular weight is 379 g/mol. The molecule has 0 amide bonds. The lowest BCUT2D eigenvalue weighted by molar-refractivity contribution is 0.112. The van der Waals surface area contributed by atoms with Crippen LogP contribution >= 0.6 is 11.6 Å². The van der Waals surface area contributed by atoms with Crippen LogP contribution in [0.1, 0.15) is 28.3 Å². The Balaban J connectivity index is 1.57. The zero-order valence-corrected chi connectivity index (χ0v) is 15.4. The maximum absolute atomic E-state index is 11.2. The molecule has 136 valence electrons. The number of hydrogen-bond acceptors (Lipinski definition) is 4. The molecule has 1 N–H and O–H groups in total. The number of halogens is 1. The van der Waals surface area contributed by atoms with Gasteiger partial charge in [0.25, 0.3) is 0 Å². The van der Waals surface area contributed by atoms with Gasteiger partial charge in [-0.1, -0.05) is 41.9 Å². The highest BCUT2D eigenvalue weighted by Crippen LogP contribution is 2.38. The Morgan fingerprint density at radius 3 is 2.96 bits per heavy atom. The van der Waals surface area contributed by atoms with Gasteiger partial charge in [-0.15, -0.1) is 0 Å². The second-order valence-electron chi connectivity index (χ2n) is 6.53. The normalized spacial score (nSPS) is 15.5. The molecule has 2 heterocycles. The molecule has 0 fully saturated rings. The highest BCUT2D eigenvalue weighted by Gasteiger charge is 2.22. The van der Waals surface area contributed by atoms with Crippen molar-refractivity contribution in [2.24, 2.45) is 0 Å². The third-order valence-corrected chi connectivity index (χ3v) is 5.21. The zero-order valence-electron chi connectivity index (χ0n) is 14.7. The lowest BCUT2D eigenvalue weighted by Crippen LogP contribution is -2.21. The molecule has 4 rings (SSSR count). The minimum Gasteiger partial charge on any atom is -0.493 e. The van der Waals surface area contributed by atoms with Crippen molar-refractivity contribution in [3.8, 4) is 16.9 Å². The van der Waals surface area contributed by atoms with Gasteiger partial charge in [0.15, 0.2) is 6.29 Å². The molecule has 1 aliphatic rings. The number of benzene rings is 2. The molecule has 4 nitrogen and oxygen atoms in total. The molecule has 0 bridgehead atoms. The summed E-state index contributed by atoms with van der Waals surface area (Å²) in [5, 5.41) is 4.09. The van der Waals surface area contributed by atoms with E-state index in [0.29, 0.717) is 24.6 Å². The minimum atomic E-state index is 0.300. The summed E-state index contributed by atoms with van der Waals surface area (Å²) in [6.07, 6.45) is 5.07. The van der Waals surface area contributed by atoms with Gasteiger partial charge in [-0.25, -0.2) is 0 Å².